The Morgan fingerprint density at radius 3 is 2.64 bits per heavy atom. The molecule has 1 rings (SSSR count). The largest absolute Gasteiger partial charge is 0.273 e. The molecule has 3 nitrogen and oxygen atoms in total. The third-order valence-electron chi connectivity index (χ3n) is 2.16. The number of allylic oxidation sites excluding steroid dienone is 1. The van der Waals surface area contributed by atoms with E-state index in [1.54, 1.807) is 12.1 Å². The molecule has 14 heavy (non-hydrogen) atoms. The van der Waals surface area contributed by atoms with Gasteiger partial charge < -0.3 is 0 Å². The summed E-state index contributed by atoms with van der Waals surface area (Å²) in [6.07, 6.45) is 0.673. The Balaban J connectivity index is 3.27. The zero-order valence-electron chi connectivity index (χ0n) is 8.41. The van der Waals surface area contributed by atoms with Gasteiger partial charge in [0.1, 0.15) is 0 Å². The minimum absolute atomic E-state index is 0.188. The zero-order chi connectivity index (χ0) is 10.7. The molecule has 0 aromatic heterocycles. The molecule has 0 amide bonds. The summed E-state index contributed by atoms with van der Waals surface area (Å²) in [4.78, 5) is 10.4. The van der Waals surface area contributed by atoms with Crippen molar-refractivity contribution in [3.63, 3.8) is 0 Å². The van der Waals surface area contributed by atoms with Crippen LogP contribution in [0.15, 0.2) is 24.8 Å². The van der Waals surface area contributed by atoms with E-state index in [1.165, 1.54) is 0 Å². The molecule has 0 N–H and O–H groups in total. The van der Waals surface area contributed by atoms with Crippen molar-refractivity contribution in [1.29, 1.82) is 0 Å². The van der Waals surface area contributed by atoms with Gasteiger partial charge in [0.2, 0.25) is 0 Å². The number of benzene rings is 1. The first-order valence-electron chi connectivity index (χ1n) is 4.49. The zero-order valence-corrected chi connectivity index (χ0v) is 8.41. The lowest BCUT2D eigenvalue weighted by atomic mass is 10.0. The molecule has 74 valence electrons. The van der Waals surface area contributed by atoms with E-state index < -0.39 is 0 Å². The summed E-state index contributed by atoms with van der Waals surface area (Å²) in [6, 6.07) is 5.25. The molecule has 0 aliphatic heterocycles. The minimum Gasteiger partial charge on any atom is -0.258 e. The Hall–Kier alpha value is -1.64. The van der Waals surface area contributed by atoms with Gasteiger partial charge in [-0.25, -0.2) is 0 Å². The van der Waals surface area contributed by atoms with Crippen molar-refractivity contribution in [3.05, 3.63) is 46.0 Å². The van der Waals surface area contributed by atoms with Gasteiger partial charge in [0.15, 0.2) is 0 Å². The third-order valence-corrected chi connectivity index (χ3v) is 2.16. The molecule has 0 aliphatic carbocycles. The lowest BCUT2D eigenvalue weighted by molar-refractivity contribution is -0.385. The molecule has 1 aromatic carbocycles. The van der Waals surface area contributed by atoms with Crippen LogP contribution in [0.2, 0.25) is 0 Å². The van der Waals surface area contributed by atoms with E-state index in [1.807, 2.05) is 19.9 Å². The van der Waals surface area contributed by atoms with Crippen molar-refractivity contribution >= 4 is 11.3 Å². The molecule has 0 spiro atoms. The summed E-state index contributed by atoms with van der Waals surface area (Å²) < 4.78 is 0. The highest BCUT2D eigenvalue weighted by molar-refractivity contribution is 5.64. The summed E-state index contributed by atoms with van der Waals surface area (Å²) in [5, 5.41) is 10.7. The highest BCUT2D eigenvalue weighted by atomic mass is 16.6. The number of hydrogen-bond donors (Lipinski definition) is 0. The Morgan fingerprint density at radius 1 is 1.57 bits per heavy atom. The normalized spacial score (nSPS) is 9.86. The summed E-state index contributed by atoms with van der Waals surface area (Å²) in [5.41, 5.74) is 2.62. The first kappa shape index (κ1) is 10.4. The SMILES string of the molecule is C=C(C)c1ccc(CC)c([N+](=O)[O-])c1. The van der Waals surface area contributed by atoms with Gasteiger partial charge in [-0.15, -0.1) is 0 Å². The molecular weight excluding hydrogens is 178 g/mol. The molecule has 0 saturated carbocycles. The molecule has 0 atom stereocenters. The smallest absolute Gasteiger partial charge is 0.258 e. The number of nitro groups is 1. The van der Waals surface area contributed by atoms with E-state index in [-0.39, 0.29) is 10.6 Å². The van der Waals surface area contributed by atoms with Crippen molar-refractivity contribution in [2.24, 2.45) is 0 Å². The van der Waals surface area contributed by atoms with Gasteiger partial charge in [-0.05, 0) is 18.9 Å². The molecule has 0 heterocycles. The van der Waals surface area contributed by atoms with Crippen molar-refractivity contribution in [2.75, 3.05) is 0 Å². The van der Waals surface area contributed by atoms with Crippen LogP contribution in [0.3, 0.4) is 0 Å². The van der Waals surface area contributed by atoms with Crippen LogP contribution in [-0.4, -0.2) is 4.92 Å². The van der Waals surface area contributed by atoms with E-state index >= 15 is 0 Å². The van der Waals surface area contributed by atoms with Gasteiger partial charge in [0.25, 0.3) is 5.69 Å². The van der Waals surface area contributed by atoms with Crippen molar-refractivity contribution < 1.29 is 4.92 Å². The van der Waals surface area contributed by atoms with Gasteiger partial charge in [-0.2, -0.15) is 0 Å². The molecule has 0 unspecified atom stereocenters. The third kappa shape index (κ3) is 1.99. The number of nitro benzene ring substituents is 1. The second-order valence-corrected chi connectivity index (χ2v) is 3.23. The maximum Gasteiger partial charge on any atom is 0.273 e. The summed E-state index contributed by atoms with van der Waals surface area (Å²) in [5.74, 6) is 0. The average Bonchev–Trinajstić information content (AvgIpc) is 2.16. The number of hydrogen-bond acceptors (Lipinski definition) is 2. The fraction of sp³-hybridized carbons (Fsp3) is 0.273. The van der Waals surface area contributed by atoms with Crippen LogP contribution in [0.1, 0.15) is 25.0 Å². The molecule has 1 aromatic rings. The Labute approximate surface area is 83.2 Å². The average molecular weight is 191 g/mol. The van der Waals surface area contributed by atoms with Crippen molar-refractivity contribution in [1.82, 2.24) is 0 Å². The highest BCUT2D eigenvalue weighted by Crippen LogP contribution is 2.23. The maximum atomic E-state index is 10.7. The van der Waals surface area contributed by atoms with Crippen LogP contribution in [0.5, 0.6) is 0 Å². The van der Waals surface area contributed by atoms with Gasteiger partial charge in [-0.3, -0.25) is 10.1 Å². The number of nitrogens with zero attached hydrogens (tertiary/aromatic N) is 1. The second-order valence-electron chi connectivity index (χ2n) is 3.23. The second kappa shape index (κ2) is 4.05. The topological polar surface area (TPSA) is 43.1 Å². The van der Waals surface area contributed by atoms with Crippen LogP contribution in [0.4, 0.5) is 5.69 Å². The van der Waals surface area contributed by atoms with Crippen LogP contribution in [0.25, 0.3) is 5.57 Å². The Bertz CT molecular complexity index is 383. The fourth-order valence-electron chi connectivity index (χ4n) is 1.30. The van der Waals surface area contributed by atoms with Crippen molar-refractivity contribution in [2.45, 2.75) is 20.3 Å². The van der Waals surface area contributed by atoms with Crippen molar-refractivity contribution in [3.8, 4) is 0 Å². The van der Waals surface area contributed by atoms with E-state index in [2.05, 4.69) is 6.58 Å². The standard InChI is InChI=1S/C11H13NO2/c1-4-9-5-6-10(8(2)3)7-11(9)12(13)14/h5-7H,2,4H2,1,3H3. The first-order chi connectivity index (χ1) is 6.56. The van der Waals surface area contributed by atoms with E-state index in [0.29, 0.717) is 6.42 Å². The fourth-order valence-corrected chi connectivity index (χ4v) is 1.30. The van der Waals surface area contributed by atoms with E-state index in [9.17, 15) is 10.1 Å². The predicted molar refractivity (Wildman–Crippen MR) is 57.2 cm³/mol. The van der Waals surface area contributed by atoms with Crippen LogP contribution in [-0.2, 0) is 6.42 Å². The van der Waals surface area contributed by atoms with E-state index in [4.69, 9.17) is 0 Å². The number of aryl methyl sites for hydroxylation is 1. The number of rotatable bonds is 3. The molecule has 0 saturated heterocycles. The lowest BCUT2D eigenvalue weighted by Crippen LogP contribution is -1.95. The maximum absolute atomic E-state index is 10.7. The minimum atomic E-state index is -0.342. The summed E-state index contributed by atoms with van der Waals surface area (Å²) >= 11 is 0. The van der Waals surface area contributed by atoms with Gasteiger partial charge in [0, 0.05) is 11.6 Å². The van der Waals surface area contributed by atoms with Crippen LogP contribution in [0, 0.1) is 10.1 Å². The van der Waals surface area contributed by atoms with Gasteiger partial charge in [0.05, 0.1) is 4.92 Å². The molecule has 0 aliphatic rings. The first-order valence-corrected chi connectivity index (χ1v) is 4.49. The van der Waals surface area contributed by atoms with Crippen LogP contribution >= 0.6 is 0 Å². The van der Waals surface area contributed by atoms with E-state index in [0.717, 1.165) is 16.7 Å². The lowest BCUT2D eigenvalue weighted by Gasteiger charge is -2.03. The highest BCUT2D eigenvalue weighted by Gasteiger charge is 2.12. The summed E-state index contributed by atoms with van der Waals surface area (Å²) in [7, 11) is 0. The quantitative estimate of drug-likeness (QED) is 0.544. The summed E-state index contributed by atoms with van der Waals surface area (Å²) in [6.45, 7) is 7.50. The molecule has 0 fully saturated rings. The monoisotopic (exact) mass is 191 g/mol. The van der Waals surface area contributed by atoms with Crippen LogP contribution < -0.4 is 0 Å². The van der Waals surface area contributed by atoms with Gasteiger partial charge >= 0.3 is 0 Å². The molecule has 0 radical (unpaired) electrons. The van der Waals surface area contributed by atoms with Gasteiger partial charge in [-0.1, -0.05) is 31.2 Å². The Morgan fingerprint density at radius 2 is 2.21 bits per heavy atom. The molecule has 0 bridgehead atoms. The molecule has 3 heteroatoms. The molecular formula is C11H13NO2. The Kier molecular flexibility index (Phi) is 3.02. The predicted octanol–water partition coefficient (Wildman–Crippen LogP) is 3.19.